The number of aryl methyl sites for hydroxylation is 2. The maximum Gasteiger partial charge on any atom is 0.124 e. The number of ether oxygens (including phenoxy) is 1. The molecule has 19 heavy (non-hydrogen) atoms. The Kier molecular flexibility index (Phi) is 3.58. The molecule has 0 fully saturated rings. The predicted molar refractivity (Wildman–Crippen MR) is 79.9 cm³/mol. The van der Waals surface area contributed by atoms with Gasteiger partial charge in [0.25, 0.3) is 0 Å². The first-order valence-electron chi connectivity index (χ1n) is 6.75. The Morgan fingerprint density at radius 2 is 2.16 bits per heavy atom. The van der Waals surface area contributed by atoms with Gasteiger partial charge in [-0.1, -0.05) is 18.2 Å². The molecular weight excluding hydrogens is 254 g/mol. The van der Waals surface area contributed by atoms with E-state index in [4.69, 9.17) is 4.74 Å². The summed E-state index contributed by atoms with van der Waals surface area (Å²) in [4.78, 5) is 2.84. The number of fused-ring (bicyclic) bond motifs is 1. The summed E-state index contributed by atoms with van der Waals surface area (Å²) in [6.45, 7) is 6.11. The van der Waals surface area contributed by atoms with Gasteiger partial charge in [-0.2, -0.15) is 0 Å². The Balaban J connectivity index is 1.71. The third-order valence-corrected chi connectivity index (χ3v) is 4.85. The van der Waals surface area contributed by atoms with Crippen LogP contribution < -0.4 is 10.1 Å². The largest absolute Gasteiger partial charge is 0.493 e. The van der Waals surface area contributed by atoms with Gasteiger partial charge >= 0.3 is 0 Å². The summed E-state index contributed by atoms with van der Waals surface area (Å²) >= 11 is 1.89. The topological polar surface area (TPSA) is 21.3 Å². The van der Waals surface area contributed by atoms with Crippen molar-refractivity contribution >= 4 is 11.3 Å². The highest BCUT2D eigenvalue weighted by Gasteiger charge is 2.20. The molecule has 1 aliphatic heterocycles. The van der Waals surface area contributed by atoms with E-state index >= 15 is 0 Å². The van der Waals surface area contributed by atoms with Crippen molar-refractivity contribution in [2.75, 3.05) is 6.61 Å². The average Bonchev–Trinajstić information content (AvgIpc) is 2.75. The smallest absolute Gasteiger partial charge is 0.124 e. The molecule has 2 aromatic rings. The lowest BCUT2D eigenvalue weighted by atomic mass is 10.0. The zero-order valence-electron chi connectivity index (χ0n) is 11.4. The van der Waals surface area contributed by atoms with E-state index in [1.807, 2.05) is 17.4 Å². The first-order chi connectivity index (χ1) is 9.24. The van der Waals surface area contributed by atoms with Gasteiger partial charge in [-0.25, -0.2) is 0 Å². The lowest BCUT2D eigenvalue weighted by molar-refractivity contribution is 0.252. The summed E-state index contributed by atoms with van der Waals surface area (Å²) in [5.74, 6) is 1.03. The van der Waals surface area contributed by atoms with E-state index in [0.29, 0.717) is 6.04 Å². The van der Waals surface area contributed by atoms with Gasteiger partial charge in [0.2, 0.25) is 0 Å². The fourth-order valence-electron chi connectivity index (χ4n) is 2.51. The second kappa shape index (κ2) is 5.35. The van der Waals surface area contributed by atoms with Crippen LogP contribution in [0.1, 0.15) is 33.3 Å². The number of nitrogens with one attached hydrogen (secondary N) is 1. The molecule has 2 nitrogen and oxygen atoms in total. The molecule has 0 saturated heterocycles. The van der Waals surface area contributed by atoms with Crippen LogP contribution in [0.3, 0.4) is 0 Å². The third-order valence-electron chi connectivity index (χ3n) is 3.70. The quantitative estimate of drug-likeness (QED) is 0.913. The van der Waals surface area contributed by atoms with Crippen LogP contribution >= 0.6 is 11.3 Å². The molecule has 1 aromatic carbocycles. The van der Waals surface area contributed by atoms with Crippen molar-refractivity contribution in [1.29, 1.82) is 0 Å². The van der Waals surface area contributed by atoms with E-state index < -0.39 is 0 Å². The molecule has 0 amide bonds. The Morgan fingerprint density at radius 3 is 2.95 bits per heavy atom. The maximum atomic E-state index is 5.69. The van der Waals surface area contributed by atoms with Crippen LogP contribution in [0.4, 0.5) is 0 Å². The summed E-state index contributed by atoms with van der Waals surface area (Å²) < 4.78 is 5.69. The fourth-order valence-corrected chi connectivity index (χ4v) is 3.52. The molecule has 3 rings (SSSR count). The first-order valence-corrected chi connectivity index (χ1v) is 7.56. The molecule has 0 bridgehead atoms. The third kappa shape index (κ3) is 2.67. The highest BCUT2D eigenvalue weighted by molar-refractivity contribution is 7.12. The molecule has 0 aliphatic carbocycles. The van der Waals surface area contributed by atoms with Gasteiger partial charge in [0.1, 0.15) is 5.75 Å². The Morgan fingerprint density at radius 1 is 1.32 bits per heavy atom. The standard InChI is InChI=1S/C16H19NOS/c1-11-9-13(19-12(11)2)10-17-15-7-8-18-16-6-4-3-5-14(15)16/h3-6,9,15,17H,7-8,10H2,1-2H3. The van der Waals surface area contributed by atoms with Crippen LogP contribution in [0.2, 0.25) is 0 Å². The second-order valence-corrected chi connectivity index (χ2v) is 6.40. The zero-order chi connectivity index (χ0) is 13.2. The summed E-state index contributed by atoms with van der Waals surface area (Å²) in [5, 5.41) is 3.67. The van der Waals surface area contributed by atoms with E-state index in [9.17, 15) is 0 Å². The van der Waals surface area contributed by atoms with E-state index in [0.717, 1.165) is 25.3 Å². The molecule has 1 aromatic heterocycles. The minimum Gasteiger partial charge on any atom is -0.493 e. The molecule has 0 saturated carbocycles. The molecule has 1 aliphatic rings. The van der Waals surface area contributed by atoms with Gasteiger partial charge in [0.15, 0.2) is 0 Å². The fraction of sp³-hybridized carbons (Fsp3) is 0.375. The highest BCUT2D eigenvalue weighted by Crippen LogP contribution is 2.32. The van der Waals surface area contributed by atoms with Gasteiger partial charge in [-0.3, -0.25) is 0 Å². The summed E-state index contributed by atoms with van der Waals surface area (Å²) in [6, 6.07) is 11.0. The van der Waals surface area contributed by atoms with E-state index in [2.05, 4.69) is 43.4 Å². The number of hydrogen-bond acceptors (Lipinski definition) is 3. The molecule has 1 atom stereocenters. The molecule has 1 unspecified atom stereocenters. The monoisotopic (exact) mass is 273 g/mol. The van der Waals surface area contributed by atoms with Crippen molar-refractivity contribution in [2.24, 2.45) is 0 Å². The number of hydrogen-bond donors (Lipinski definition) is 1. The van der Waals surface area contributed by atoms with Crippen molar-refractivity contribution in [3.63, 3.8) is 0 Å². The SMILES string of the molecule is Cc1cc(CNC2CCOc3ccccc32)sc1C. The van der Waals surface area contributed by atoms with Crippen molar-refractivity contribution in [2.45, 2.75) is 32.9 Å². The highest BCUT2D eigenvalue weighted by atomic mass is 32.1. The van der Waals surface area contributed by atoms with Gasteiger partial charge in [0.05, 0.1) is 6.61 Å². The minimum absolute atomic E-state index is 0.410. The van der Waals surface area contributed by atoms with Gasteiger partial charge in [-0.15, -0.1) is 11.3 Å². The molecule has 100 valence electrons. The molecule has 2 heterocycles. The van der Waals surface area contributed by atoms with Crippen LogP contribution in [0.5, 0.6) is 5.75 Å². The van der Waals surface area contributed by atoms with E-state index in [1.165, 1.54) is 20.9 Å². The number of rotatable bonds is 3. The lowest BCUT2D eigenvalue weighted by Gasteiger charge is -2.26. The summed E-state index contributed by atoms with van der Waals surface area (Å²) in [6.07, 6.45) is 1.04. The van der Waals surface area contributed by atoms with E-state index in [-0.39, 0.29) is 0 Å². The van der Waals surface area contributed by atoms with Crippen molar-refractivity contribution in [3.05, 3.63) is 51.2 Å². The Bertz CT molecular complexity index is 556. The van der Waals surface area contributed by atoms with Crippen molar-refractivity contribution < 1.29 is 4.74 Å². The predicted octanol–water partition coefficient (Wildman–Crippen LogP) is 3.98. The molecule has 0 spiro atoms. The van der Waals surface area contributed by atoms with Crippen molar-refractivity contribution in [1.82, 2.24) is 5.32 Å². The van der Waals surface area contributed by atoms with Crippen molar-refractivity contribution in [3.8, 4) is 5.75 Å². The first kappa shape index (κ1) is 12.7. The minimum atomic E-state index is 0.410. The number of para-hydroxylation sites is 1. The molecular formula is C16H19NOS. The van der Waals surface area contributed by atoms with Crippen LogP contribution in [0, 0.1) is 13.8 Å². The van der Waals surface area contributed by atoms with Gasteiger partial charge in [-0.05, 0) is 31.5 Å². The number of thiophene rings is 1. The molecule has 1 N–H and O–H groups in total. The van der Waals surface area contributed by atoms with Gasteiger partial charge in [0, 0.05) is 34.3 Å². The zero-order valence-corrected chi connectivity index (χ0v) is 12.2. The molecule has 0 radical (unpaired) electrons. The van der Waals surface area contributed by atoms with Crippen LogP contribution in [0.15, 0.2) is 30.3 Å². The van der Waals surface area contributed by atoms with Crippen LogP contribution in [0.25, 0.3) is 0 Å². The van der Waals surface area contributed by atoms with Gasteiger partial charge < -0.3 is 10.1 Å². The van der Waals surface area contributed by atoms with Crippen LogP contribution in [-0.4, -0.2) is 6.61 Å². The second-order valence-electron chi connectivity index (χ2n) is 5.06. The Labute approximate surface area is 118 Å². The lowest BCUT2D eigenvalue weighted by Crippen LogP contribution is -2.26. The number of benzene rings is 1. The van der Waals surface area contributed by atoms with E-state index in [1.54, 1.807) is 0 Å². The normalized spacial score (nSPS) is 17.9. The average molecular weight is 273 g/mol. The Hall–Kier alpha value is -1.32. The summed E-state index contributed by atoms with van der Waals surface area (Å²) in [5.41, 5.74) is 2.69. The maximum absolute atomic E-state index is 5.69. The molecule has 3 heteroatoms. The summed E-state index contributed by atoms with van der Waals surface area (Å²) in [7, 11) is 0. The van der Waals surface area contributed by atoms with Crippen LogP contribution in [-0.2, 0) is 6.54 Å².